The highest BCUT2D eigenvalue weighted by atomic mass is 16.5. The Balaban J connectivity index is 1.87. The molecule has 2 rings (SSSR count). The Kier molecular flexibility index (Phi) is 5.83. The van der Waals surface area contributed by atoms with Gasteiger partial charge in [0.05, 0.1) is 25.5 Å². The lowest BCUT2D eigenvalue weighted by Crippen LogP contribution is -2.40. The molecule has 0 saturated carbocycles. The second-order valence-corrected chi connectivity index (χ2v) is 4.98. The van der Waals surface area contributed by atoms with Crippen molar-refractivity contribution < 1.29 is 13.9 Å². The fourth-order valence-electron chi connectivity index (χ4n) is 2.33. The van der Waals surface area contributed by atoms with Crippen molar-refractivity contribution in [3.05, 3.63) is 36.8 Å². The van der Waals surface area contributed by atoms with Gasteiger partial charge in [0.25, 0.3) is 0 Å². The number of hydrogen-bond acceptors (Lipinski definition) is 4. The Morgan fingerprint density at radius 2 is 2.50 bits per heavy atom. The van der Waals surface area contributed by atoms with Gasteiger partial charge < -0.3 is 14.5 Å². The summed E-state index contributed by atoms with van der Waals surface area (Å²) in [5.74, 6) is 0.856. The summed E-state index contributed by atoms with van der Waals surface area (Å²) in [6.45, 7) is 6.62. The summed E-state index contributed by atoms with van der Waals surface area (Å²) in [5, 5.41) is 2.80. The number of ether oxygens (including phenoxy) is 1. The summed E-state index contributed by atoms with van der Waals surface area (Å²) in [5.41, 5.74) is 0. The highest BCUT2D eigenvalue weighted by Crippen LogP contribution is 2.15. The van der Waals surface area contributed by atoms with Crippen LogP contribution in [0.25, 0.3) is 0 Å². The van der Waals surface area contributed by atoms with Crippen LogP contribution in [0.1, 0.15) is 18.6 Å². The zero-order valence-corrected chi connectivity index (χ0v) is 11.7. The van der Waals surface area contributed by atoms with E-state index < -0.39 is 0 Å². The van der Waals surface area contributed by atoms with Crippen LogP contribution in [0.5, 0.6) is 0 Å². The number of rotatable bonds is 8. The first-order valence-electron chi connectivity index (χ1n) is 7.02. The second-order valence-electron chi connectivity index (χ2n) is 4.98. The molecule has 0 radical (unpaired) electrons. The van der Waals surface area contributed by atoms with Crippen LogP contribution in [-0.4, -0.2) is 43.2 Å². The average molecular weight is 278 g/mol. The molecule has 0 aromatic carbocycles. The highest BCUT2D eigenvalue weighted by Gasteiger charge is 2.21. The number of carbonyl (C=O) groups is 1. The second kappa shape index (κ2) is 7.87. The van der Waals surface area contributed by atoms with Crippen molar-refractivity contribution in [2.45, 2.75) is 25.5 Å². The van der Waals surface area contributed by atoms with Crippen molar-refractivity contribution >= 4 is 5.91 Å². The molecule has 1 amide bonds. The third-order valence-corrected chi connectivity index (χ3v) is 3.26. The van der Waals surface area contributed by atoms with E-state index in [0.717, 1.165) is 31.8 Å². The summed E-state index contributed by atoms with van der Waals surface area (Å²) >= 11 is 0. The lowest BCUT2D eigenvalue weighted by atomic mass is 10.2. The quantitative estimate of drug-likeness (QED) is 0.733. The fourth-order valence-corrected chi connectivity index (χ4v) is 2.33. The van der Waals surface area contributed by atoms with Crippen LogP contribution in [0.3, 0.4) is 0 Å². The van der Waals surface area contributed by atoms with E-state index in [9.17, 15) is 4.79 Å². The predicted molar refractivity (Wildman–Crippen MR) is 76.2 cm³/mol. The van der Waals surface area contributed by atoms with E-state index in [1.165, 1.54) is 0 Å². The highest BCUT2D eigenvalue weighted by molar-refractivity contribution is 5.78. The topological polar surface area (TPSA) is 54.7 Å². The molecule has 1 aromatic heterocycles. The van der Waals surface area contributed by atoms with Gasteiger partial charge in [-0.15, -0.1) is 6.58 Å². The summed E-state index contributed by atoms with van der Waals surface area (Å²) in [4.78, 5) is 13.9. The maximum absolute atomic E-state index is 11.8. The third kappa shape index (κ3) is 4.83. The van der Waals surface area contributed by atoms with Crippen molar-refractivity contribution in [3.63, 3.8) is 0 Å². The molecule has 1 aromatic rings. The number of nitrogens with zero attached hydrogens (tertiary/aromatic N) is 1. The minimum Gasteiger partial charge on any atom is -0.468 e. The Labute approximate surface area is 119 Å². The molecule has 20 heavy (non-hydrogen) atoms. The molecule has 1 saturated heterocycles. The Morgan fingerprint density at radius 1 is 1.60 bits per heavy atom. The molecule has 1 aliphatic rings. The number of hydrogen-bond donors (Lipinski definition) is 1. The number of furan rings is 1. The molecule has 5 heteroatoms. The Bertz CT molecular complexity index is 411. The van der Waals surface area contributed by atoms with Gasteiger partial charge in [-0.3, -0.25) is 9.69 Å². The summed E-state index contributed by atoms with van der Waals surface area (Å²) < 4.78 is 11.0. The number of carbonyl (C=O) groups excluding carboxylic acids is 1. The molecule has 0 bridgehead atoms. The van der Waals surface area contributed by atoms with Crippen molar-refractivity contribution in [1.82, 2.24) is 10.2 Å². The van der Waals surface area contributed by atoms with Crippen molar-refractivity contribution in [3.8, 4) is 0 Å². The van der Waals surface area contributed by atoms with E-state index in [2.05, 4.69) is 16.8 Å². The monoisotopic (exact) mass is 278 g/mol. The average Bonchev–Trinajstić information content (AvgIpc) is 3.09. The van der Waals surface area contributed by atoms with Gasteiger partial charge in [-0.2, -0.15) is 0 Å². The zero-order valence-electron chi connectivity index (χ0n) is 11.7. The molecule has 1 fully saturated rings. The Hall–Kier alpha value is -1.59. The number of amides is 1. The van der Waals surface area contributed by atoms with Crippen LogP contribution < -0.4 is 5.32 Å². The lowest BCUT2D eigenvalue weighted by molar-refractivity contribution is -0.122. The summed E-state index contributed by atoms with van der Waals surface area (Å²) in [6, 6.07) is 3.78. The van der Waals surface area contributed by atoms with Crippen LogP contribution >= 0.6 is 0 Å². The standard InChI is InChI=1S/C15H22N2O3/c1-2-7-16-15(18)12-17(10-13-5-3-8-19-13)11-14-6-4-9-20-14/h2-3,5,8,14H,1,4,6-7,9-12H2,(H,16,18). The molecule has 1 atom stereocenters. The van der Waals surface area contributed by atoms with Gasteiger partial charge in [-0.05, 0) is 25.0 Å². The molecule has 2 heterocycles. The molecular weight excluding hydrogens is 256 g/mol. The zero-order chi connectivity index (χ0) is 14.2. The largest absolute Gasteiger partial charge is 0.468 e. The summed E-state index contributed by atoms with van der Waals surface area (Å²) in [6.07, 6.45) is 5.70. The molecule has 1 unspecified atom stereocenters. The maximum atomic E-state index is 11.8. The molecular formula is C15H22N2O3. The van der Waals surface area contributed by atoms with Crippen LogP contribution in [0.4, 0.5) is 0 Å². The first-order valence-corrected chi connectivity index (χ1v) is 7.02. The molecule has 5 nitrogen and oxygen atoms in total. The molecule has 1 N–H and O–H groups in total. The van der Waals surface area contributed by atoms with Gasteiger partial charge in [-0.1, -0.05) is 6.08 Å². The van der Waals surface area contributed by atoms with E-state index in [4.69, 9.17) is 9.15 Å². The van der Waals surface area contributed by atoms with E-state index in [-0.39, 0.29) is 12.0 Å². The van der Waals surface area contributed by atoms with Gasteiger partial charge in [-0.25, -0.2) is 0 Å². The van der Waals surface area contributed by atoms with Crippen molar-refractivity contribution in [2.24, 2.45) is 0 Å². The van der Waals surface area contributed by atoms with E-state index in [1.807, 2.05) is 12.1 Å². The predicted octanol–water partition coefficient (Wildman–Crippen LogP) is 1.56. The molecule has 0 aliphatic carbocycles. The lowest BCUT2D eigenvalue weighted by Gasteiger charge is -2.23. The molecule has 0 spiro atoms. The van der Waals surface area contributed by atoms with Crippen LogP contribution in [0.2, 0.25) is 0 Å². The van der Waals surface area contributed by atoms with Gasteiger partial charge in [0.1, 0.15) is 5.76 Å². The normalized spacial score (nSPS) is 18.4. The Morgan fingerprint density at radius 3 is 3.15 bits per heavy atom. The summed E-state index contributed by atoms with van der Waals surface area (Å²) in [7, 11) is 0. The van der Waals surface area contributed by atoms with Gasteiger partial charge in [0.2, 0.25) is 5.91 Å². The van der Waals surface area contributed by atoms with E-state index in [1.54, 1.807) is 12.3 Å². The van der Waals surface area contributed by atoms with Gasteiger partial charge in [0, 0.05) is 19.7 Å². The first kappa shape index (κ1) is 14.8. The smallest absolute Gasteiger partial charge is 0.234 e. The maximum Gasteiger partial charge on any atom is 0.234 e. The fraction of sp³-hybridized carbons (Fsp3) is 0.533. The SMILES string of the molecule is C=CCNC(=O)CN(Cc1ccco1)CC1CCCO1. The van der Waals surface area contributed by atoms with Crippen LogP contribution in [0.15, 0.2) is 35.5 Å². The molecule has 1 aliphatic heterocycles. The molecule has 110 valence electrons. The van der Waals surface area contributed by atoms with Crippen molar-refractivity contribution in [1.29, 1.82) is 0 Å². The minimum absolute atomic E-state index is 0.00514. The van der Waals surface area contributed by atoms with Gasteiger partial charge in [0.15, 0.2) is 0 Å². The van der Waals surface area contributed by atoms with Gasteiger partial charge >= 0.3 is 0 Å². The number of nitrogens with one attached hydrogen (secondary N) is 1. The van der Waals surface area contributed by atoms with E-state index >= 15 is 0 Å². The van der Waals surface area contributed by atoms with Crippen molar-refractivity contribution in [2.75, 3.05) is 26.2 Å². The van der Waals surface area contributed by atoms with E-state index in [0.29, 0.717) is 19.6 Å². The minimum atomic E-state index is -0.00514. The van der Waals surface area contributed by atoms with Crippen LogP contribution in [-0.2, 0) is 16.1 Å². The van der Waals surface area contributed by atoms with Crippen LogP contribution in [0, 0.1) is 0 Å². The third-order valence-electron chi connectivity index (χ3n) is 3.26. The first-order chi connectivity index (χ1) is 9.78.